The van der Waals surface area contributed by atoms with Crippen LogP contribution in [0.5, 0.6) is 0 Å². The number of carbonyl (C=O) groups excluding carboxylic acids is 1. The predicted molar refractivity (Wildman–Crippen MR) is 113 cm³/mol. The second kappa shape index (κ2) is 10.3. The molecule has 1 saturated heterocycles. The summed E-state index contributed by atoms with van der Waals surface area (Å²) < 4.78 is 38.9. The third kappa shape index (κ3) is 5.96. The van der Waals surface area contributed by atoms with Crippen molar-refractivity contribution in [3.8, 4) is 0 Å². The Morgan fingerprint density at radius 3 is 2.56 bits per heavy atom. The fourth-order valence-electron chi connectivity index (χ4n) is 4.12. The van der Waals surface area contributed by atoms with Crippen LogP contribution in [0.2, 0.25) is 0 Å². The van der Waals surface area contributed by atoms with Crippen LogP contribution in [-0.4, -0.2) is 64.7 Å². The molecular weight excluding hydrogens is 427 g/mol. The Labute approximate surface area is 184 Å². The summed E-state index contributed by atoms with van der Waals surface area (Å²) in [4.78, 5) is 27.7. The molecule has 0 bridgehead atoms. The third-order valence-electron chi connectivity index (χ3n) is 6.05. The number of hydrogen-bond acceptors (Lipinski definition) is 6. The van der Waals surface area contributed by atoms with Crippen molar-refractivity contribution in [1.29, 1.82) is 0 Å². The number of likely N-dealkylation sites (tertiary alicyclic amines) is 1. The van der Waals surface area contributed by atoms with Crippen molar-refractivity contribution in [2.24, 2.45) is 5.10 Å². The maximum absolute atomic E-state index is 13.2. The van der Waals surface area contributed by atoms with E-state index < -0.39 is 35.2 Å². The van der Waals surface area contributed by atoms with Crippen LogP contribution in [0.1, 0.15) is 43.2 Å². The number of hydrazone groups is 1. The molecule has 2 aliphatic heterocycles. The zero-order valence-electron chi connectivity index (χ0n) is 18.0. The molecule has 3 rings (SSSR count). The van der Waals surface area contributed by atoms with Gasteiger partial charge in [-0.05, 0) is 38.4 Å². The number of amides is 1. The Morgan fingerprint density at radius 2 is 1.97 bits per heavy atom. The number of nitro benzene ring substituents is 1. The Hall–Kier alpha value is -2.69. The van der Waals surface area contributed by atoms with E-state index in [9.17, 15) is 28.1 Å². The molecule has 8 nitrogen and oxygen atoms in total. The minimum atomic E-state index is -4.59. The number of nitrogens with zero attached hydrogens (tertiary/aromatic N) is 4. The Balaban J connectivity index is 1.76. The van der Waals surface area contributed by atoms with Gasteiger partial charge in [0, 0.05) is 37.7 Å². The van der Waals surface area contributed by atoms with Gasteiger partial charge in [0.2, 0.25) is 5.91 Å². The van der Waals surface area contributed by atoms with Gasteiger partial charge in [0.15, 0.2) is 0 Å². The Bertz CT molecular complexity index is 867. The number of hydrogen-bond donors (Lipinski definition) is 1. The molecule has 0 radical (unpaired) electrons. The number of benzene rings is 1. The molecule has 0 saturated carbocycles. The van der Waals surface area contributed by atoms with E-state index in [2.05, 4.69) is 15.4 Å². The van der Waals surface area contributed by atoms with E-state index in [4.69, 9.17) is 0 Å². The van der Waals surface area contributed by atoms with Gasteiger partial charge >= 0.3 is 6.18 Å². The highest BCUT2D eigenvalue weighted by Gasteiger charge is 2.42. The van der Waals surface area contributed by atoms with Crippen molar-refractivity contribution in [2.45, 2.75) is 57.8 Å². The summed E-state index contributed by atoms with van der Waals surface area (Å²) in [6.07, 6.45) is -0.646. The summed E-state index contributed by atoms with van der Waals surface area (Å²) in [6.45, 7) is 4.45. The zero-order chi connectivity index (χ0) is 23.3. The highest BCUT2D eigenvalue weighted by molar-refractivity contribution is 5.97. The SMILES string of the molecule is Cc1c(CN(CCN2CCCCCC2)C(=O)C2CC(C(F)(F)F)=NN2)cccc1[N+](=O)[O-]. The van der Waals surface area contributed by atoms with Gasteiger partial charge in [0.25, 0.3) is 5.69 Å². The number of carbonyl (C=O) groups is 1. The Kier molecular flexibility index (Phi) is 7.70. The number of alkyl halides is 3. The van der Waals surface area contributed by atoms with E-state index in [1.54, 1.807) is 19.1 Å². The molecule has 0 aliphatic carbocycles. The minimum Gasteiger partial charge on any atom is -0.335 e. The summed E-state index contributed by atoms with van der Waals surface area (Å²) in [6, 6.07) is 3.55. The van der Waals surface area contributed by atoms with Crippen molar-refractivity contribution >= 4 is 17.3 Å². The first-order valence-electron chi connectivity index (χ1n) is 10.8. The van der Waals surface area contributed by atoms with Gasteiger partial charge in [0.05, 0.1) is 4.92 Å². The quantitative estimate of drug-likeness (QED) is 0.503. The molecule has 176 valence electrons. The normalized spacial score (nSPS) is 19.8. The molecule has 1 aromatic rings. The first kappa shape index (κ1) is 24.0. The van der Waals surface area contributed by atoms with Gasteiger partial charge in [-0.15, -0.1) is 0 Å². The molecule has 11 heteroatoms. The van der Waals surface area contributed by atoms with Crippen LogP contribution in [0.15, 0.2) is 23.3 Å². The second-order valence-electron chi connectivity index (χ2n) is 8.28. The largest absolute Gasteiger partial charge is 0.431 e. The van der Waals surface area contributed by atoms with Gasteiger partial charge in [-0.1, -0.05) is 25.0 Å². The molecule has 1 unspecified atom stereocenters. The van der Waals surface area contributed by atoms with Crippen molar-refractivity contribution in [2.75, 3.05) is 26.2 Å². The van der Waals surface area contributed by atoms with Crippen molar-refractivity contribution in [1.82, 2.24) is 15.2 Å². The maximum Gasteiger partial charge on any atom is 0.431 e. The van der Waals surface area contributed by atoms with Crippen LogP contribution in [0.3, 0.4) is 0 Å². The van der Waals surface area contributed by atoms with E-state index in [-0.39, 0.29) is 12.2 Å². The van der Waals surface area contributed by atoms with E-state index in [1.807, 2.05) is 0 Å². The molecule has 2 aliphatic rings. The van der Waals surface area contributed by atoms with Crippen LogP contribution in [0.25, 0.3) is 0 Å². The fraction of sp³-hybridized carbons (Fsp3) is 0.619. The fourth-order valence-corrected chi connectivity index (χ4v) is 4.12. The number of nitro groups is 1. The number of rotatable bonds is 7. The van der Waals surface area contributed by atoms with Crippen molar-refractivity contribution < 1.29 is 22.9 Å². The summed E-state index contributed by atoms with van der Waals surface area (Å²) in [5, 5.41) is 14.6. The van der Waals surface area contributed by atoms with Crippen LogP contribution in [-0.2, 0) is 11.3 Å². The predicted octanol–water partition coefficient (Wildman–Crippen LogP) is 3.39. The zero-order valence-corrected chi connectivity index (χ0v) is 18.0. The van der Waals surface area contributed by atoms with Crippen molar-refractivity contribution in [3.63, 3.8) is 0 Å². The lowest BCUT2D eigenvalue weighted by Crippen LogP contribution is -2.46. The molecule has 1 fully saturated rings. The number of nitrogens with one attached hydrogen (secondary N) is 1. The van der Waals surface area contributed by atoms with Gasteiger partial charge in [-0.25, -0.2) is 0 Å². The second-order valence-corrected chi connectivity index (χ2v) is 8.28. The van der Waals surface area contributed by atoms with Gasteiger partial charge < -0.3 is 9.80 Å². The summed E-state index contributed by atoms with van der Waals surface area (Å²) >= 11 is 0. The van der Waals surface area contributed by atoms with Gasteiger partial charge in [-0.3, -0.25) is 20.3 Å². The number of halogens is 3. The molecule has 0 spiro atoms. The van der Waals surface area contributed by atoms with Crippen LogP contribution >= 0.6 is 0 Å². The summed E-state index contributed by atoms with van der Waals surface area (Å²) in [5.74, 6) is -0.492. The standard InChI is InChI=1S/C21H28F3N5O3/c1-15-16(7-6-8-18(15)29(31)32)14-28(12-11-27-9-4-2-3-5-10-27)20(30)17-13-19(26-25-17)21(22,23)24/h6-8,17,25H,2-5,9-14H2,1H3. The van der Waals surface area contributed by atoms with Crippen LogP contribution in [0, 0.1) is 17.0 Å². The lowest BCUT2D eigenvalue weighted by atomic mass is 10.0. The highest BCUT2D eigenvalue weighted by atomic mass is 19.4. The molecule has 1 aromatic carbocycles. The van der Waals surface area contributed by atoms with Gasteiger partial charge in [0.1, 0.15) is 11.8 Å². The molecule has 32 heavy (non-hydrogen) atoms. The molecule has 0 aromatic heterocycles. The van der Waals surface area contributed by atoms with Gasteiger partial charge in [-0.2, -0.15) is 18.3 Å². The van der Waals surface area contributed by atoms with Crippen LogP contribution in [0.4, 0.5) is 18.9 Å². The summed E-state index contributed by atoms with van der Waals surface area (Å²) in [7, 11) is 0. The minimum absolute atomic E-state index is 0.0518. The van der Waals surface area contributed by atoms with Crippen LogP contribution < -0.4 is 5.43 Å². The van der Waals surface area contributed by atoms with E-state index >= 15 is 0 Å². The third-order valence-corrected chi connectivity index (χ3v) is 6.05. The highest BCUT2D eigenvalue weighted by Crippen LogP contribution is 2.26. The average Bonchev–Trinajstić information content (AvgIpc) is 3.10. The monoisotopic (exact) mass is 455 g/mol. The first-order valence-corrected chi connectivity index (χ1v) is 10.8. The smallest absolute Gasteiger partial charge is 0.335 e. The topological polar surface area (TPSA) is 91.1 Å². The molecule has 1 atom stereocenters. The first-order chi connectivity index (χ1) is 15.2. The molecule has 1 amide bonds. The van der Waals surface area contributed by atoms with Crippen molar-refractivity contribution in [3.05, 3.63) is 39.4 Å². The van der Waals surface area contributed by atoms with E-state index in [1.165, 1.54) is 11.0 Å². The molecule has 2 heterocycles. The molecule has 1 N–H and O–H groups in total. The Morgan fingerprint density at radius 1 is 1.28 bits per heavy atom. The average molecular weight is 455 g/mol. The lowest BCUT2D eigenvalue weighted by Gasteiger charge is -2.29. The molecular formula is C21H28F3N5O3. The van der Waals surface area contributed by atoms with E-state index in [0.29, 0.717) is 24.2 Å². The lowest BCUT2D eigenvalue weighted by molar-refractivity contribution is -0.385. The summed E-state index contributed by atoms with van der Waals surface area (Å²) in [5.41, 5.74) is 2.31. The maximum atomic E-state index is 13.2. The van der Waals surface area contributed by atoms with E-state index in [0.717, 1.165) is 38.8 Å².